The molecular weight excluding hydrogens is 218 g/mol. The maximum atomic E-state index is 2.64. The molecule has 0 heterocycles. The standard InChI is InChI=1S/C17H30N/c1-6-18(4,5)16-9-14(2)7-13-8-15(3,11-16)17(13,10-14)12-16/h13H,6-12H2,1-5H3/q+1. The van der Waals surface area contributed by atoms with Gasteiger partial charge in [0.25, 0.3) is 0 Å². The Hall–Kier alpha value is -0.0400. The Morgan fingerprint density at radius 3 is 2.39 bits per heavy atom. The van der Waals surface area contributed by atoms with Crippen molar-refractivity contribution in [3.63, 3.8) is 0 Å². The molecule has 18 heavy (non-hydrogen) atoms. The molecule has 4 saturated carbocycles. The number of hydrogen-bond donors (Lipinski definition) is 0. The van der Waals surface area contributed by atoms with Crippen molar-refractivity contribution >= 4 is 0 Å². The zero-order chi connectivity index (χ0) is 13.0. The normalized spacial score (nSPS) is 60.8. The fourth-order valence-electron chi connectivity index (χ4n) is 7.43. The van der Waals surface area contributed by atoms with E-state index in [-0.39, 0.29) is 0 Å². The minimum atomic E-state index is 0.613. The number of quaternary nitrogens is 1. The summed E-state index contributed by atoms with van der Waals surface area (Å²) in [7, 11) is 5.02. The molecule has 0 N–H and O–H groups in total. The first-order chi connectivity index (χ1) is 8.20. The van der Waals surface area contributed by atoms with Gasteiger partial charge in [-0.2, -0.15) is 0 Å². The molecule has 1 nitrogen and oxygen atoms in total. The Morgan fingerprint density at radius 1 is 1.00 bits per heavy atom. The lowest BCUT2D eigenvalue weighted by Gasteiger charge is -2.57. The maximum absolute atomic E-state index is 2.64. The van der Waals surface area contributed by atoms with E-state index in [1.54, 1.807) is 25.7 Å². The van der Waals surface area contributed by atoms with Gasteiger partial charge >= 0.3 is 0 Å². The molecule has 4 aliphatic rings. The van der Waals surface area contributed by atoms with E-state index < -0.39 is 0 Å². The van der Waals surface area contributed by atoms with Crippen LogP contribution in [0.3, 0.4) is 0 Å². The predicted molar refractivity (Wildman–Crippen MR) is 75.2 cm³/mol. The Labute approximate surface area is 113 Å². The molecule has 4 fully saturated rings. The van der Waals surface area contributed by atoms with Gasteiger partial charge in [-0.25, -0.2) is 0 Å². The zero-order valence-electron chi connectivity index (χ0n) is 13.0. The lowest BCUT2D eigenvalue weighted by atomic mass is 9.47. The van der Waals surface area contributed by atoms with E-state index >= 15 is 0 Å². The zero-order valence-corrected chi connectivity index (χ0v) is 13.0. The Balaban J connectivity index is 1.86. The number of hydrogen-bond acceptors (Lipinski definition) is 0. The van der Waals surface area contributed by atoms with Gasteiger partial charge in [0, 0.05) is 19.3 Å². The molecule has 0 radical (unpaired) electrons. The predicted octanol–water partition coefficient (Wildman–Crippen LogP) is 3.83. The van der Waals surface area contributed by atoms with Crippen molar-refractivity contribution in [3.05, 3.63) is 0 Å². The molecule has 102 valence electrons. The van der Waals surface area contributed by atoms with E-state index in [2.05, 4.69) is 34.9 Å². The van der Waals surface area contributed by atoms with Crippen LogP contribution >= 0.6 is 0 Å². The molecule has 3 bridgehead atoms. The lowest BCUT2D eigenvalue weighted by Crippen LogP contribution is -2.61. The monoisotopic (exact) mass is 248 g/mol. The van der Waals surface area contributed by atoms with Gasteiger partial charge < -0.3 is 4.48 Å². The van der Waals surface area contributed by atoms with Crippen LogP contribution < -0.4 is 0 Å². The maximum Gasteiger partial charge on any atom is 0.100 e. The number of rotatable bonds is 2. The van der Waals surface area contributed by atoms with Crippen LogP contribution in [0.25, 0.3) is 0 Å². The van der Waals surface area contributed by atoms with Crippen LogP contribution in [-0.4, -0.2) is 30.7 Å². The van der Waals surface area contributed by atoms with E-state index in [1.165, 1.54) is 23.9 Å². The van der Waals surface area contributed by atoms with Crippen molar-refractivity contribution in [1.82, 2.24) is 0 Å². The molecule has 5 atom stereocenters. The third-order valence-corrected chi connectivity index (χ3v) is 8.36. The van der Waals surface area contributed by atoms with Crippen molar-refractivity contribution < 1.29 is 4.48 Å². The summed E-state index contributed by atoms with van der Waals surface area (Å²) in [5.74, 6) is 1.09. The topological polar surface area (TPSA) is 0 Å². The third-order valence-electron chi connectivity index (χ3n) is 8.36. The first-order valence-electron chi connectivity index (χ1n) is 8.03. The molecule has 0 aliphatic heterocycles. The second kappa shape index (κ2) is 2.71. The van der Waals surface area contributed by atoms with Crippen molar-refractivity contribution in [1.29, 1.82) is 0 Å². The van der Waals surface area contributed by atoms with Gasteiger partial charge in [0.15, 0.2) is 0 Å². The Kier molecular flexibility index (Phi) is 1.77. The fourth-order valence-corrected chi connectivity index (χ4v) is 7.43. The van der Waals surface area contributed by atoms with E-state index in [0.29, 0.717) is 16.4 Å². The Morgan fingerprint density at radius 2 is 1.72 bits per heavy atom. The number of fused-ring (bicyclic) bond motifs is 2. The van der Waals surface area contributed by atoms with Crippen LogP contribution in [-0.2, 0) is 0 Å². The first kappa shape index (κ1) is 11.8. The molecule has 4 rings (SSSR count). The number of nitrogens with zero attached hydrogens (tertiary/aromatic N) is 1. The van der Waals surface area contributed by atoms with Crippen molar-refractivity contribution in [2.45, 2.75) is 64.8 Å². The van der Waals surface area contributed by atoms with Gasteiger partial charge in [-0.3, -0.25) is 0 Å². The highest BCUT2D eigenvalue weighted by Crippen LogP contribution is 2.85. The molecule has 4 aliphatic carbocycles. The van der Waals surface area contributed by atoms with E-state index in [9.17, 15) is 0 Å². The van der Waals surface area contributed by atoms with Crippen LogP contribution in [0.2, 0.25) is 0 Å². The second-order valence-electron chi connectivity index (χ2n) is 9.57. The second-order valence-corrected chi connectivity index (χ2v) is 9.57. The summed E-state index contributed by atoms with van der Waals surface area (Å²) in [4.78, 5) is 0. The van der Waals surface area contributed by atoms with Crippen LogP contribution in [0.4, 0.5) is 0 Å². The van der Waals surface area contributed by atoms with Crippen molar-refractivity contribution in [3.8, 4) is 0 Å². The molecule has 0 aromatic heterocycles. The summed E-state index contributed by atoms with van der Waals surface area (Å²) in [6.45, 7) is 8.94. The highest BCUT2D eigenvalue weighted by molar-refractivity contribution is 5.28. The summed E-state index contributed by atoms with van der Waals surface area (Å²) >= 11 is 0. The summed E-state index contributed by atoms with van der Waals surface area (Å²) in [5, 5.41) is 0. The smallest absolute Gasteiger partial charge is 0.100 e. The van der Waals surface area contributed by atoms with Crippen LogP contribution in [0.15, 0.2) is 0 Å². The van der Waals surface area contributed by atoms with Gasteiger partial charge in [0.1, 0.15) is 5.54 Å². The molecule has 1 heteroatoms. The highest BCUT2D eigenvalue weighted by atomic mass is 15.4. The highest BCUT2D eigenvalue weighted by Gasteiger charge is 2.81. The fraction of sp³-hybridized carbons (Fsp3) is 1.00. The molecular formula is C17H30N+. The molecule has 0 aromatic rings. The van der Waals surface area contributed by atoms with E-state index in [0.717, 1.165) is 11.3 Å². The first-order valence-corrected chi connectivity index (χ1v) is 8.03. The van der Waals surface area contributed by atoms with Crippen LogP contribution in [0.5, 0.6) is 0 Å². The van der Waals surface area contributed by atoms with Gasteiger partial charge in [-0.1, -0.05) is 13.8 Å². The van der Waals surface area contributed by atoms with Gasteiger partial charge in [-0.05, 0) is 48.3 Å². The summed E-state index contributed by atoms with van der Waals surface area (Å²) in [6, 6.07) is 0. The summed E-state index contributed by atoms with van der Waals surface area (Å²) in [6.07, 6.45) is 9.24. The average Bonchev–Trinajstić information content (AvgIpc) is 2.52. The SMILES string of the molecule is CC[N+](C)(C)C12CC3(C)CC4CC(C)(C1)C4(C3)C2. The van der Waals surface area contributed by atoms with Crippen molar-refractivity contribution in [2.24, 2.45) is 22.2 Å². The summed E-state index contributed by atoms with van der Waals surface area (Å²) < 4.78 is 1.27. The largest absolute Gasteiger partial charge is 0.324 e. The quantitative estimate of drug-likeness (QED) is 0.652. The van der Waals surface area contributed by atoms with Crippen molar-refractivity contribution in [2.75, 3.05) is 20.6 Å². The Bertz CT molecular complexity index is 423. The minimum absolute atomic E-state index is 0.613. The average molecular weight is 248 g/mol. The minimum Gasteiger partial charge on any atom is -0.324 e. The van der Waals surface area contributed by atoms with Crippen LogP contribution in [0.1, 0.15) is 59.3 Å². The summed E-state index contributed by atoms with van der Waals surface area (Å²) in [5.41, 5.74) is 2.77. The van der Waals surface area contributed by atoms with Gasteiger partial charge in [-0.15, -0.1) is 0 Å². The molecule has 0 aromatic carbocycles. The van der Waals surface area contributed by atoms with E-state index in [4.69, 9.17) is 0 Å². The van der Waals surface area contributed by atoms with Gasteiger partial charge in [0.05, 0.1) is 20.6 Å². The lowest BCUT2D eigenvalue weighted by molar-refractivity contribution is -0.942. The van der Waals surface area contributed by atoms with Gasteiger partial charge in [0.2, 0.25) is 0 Å². The molecule has 5 unspecified atom stereocenters. The molecule has 1 spiro atoms. The van der Waals surface area contributed by atoms with Crippen LogP contribution in [0, 0.1) is 22.2 Å². The third kappa shape index (κ3) is 0.961. The molecule has 0 saturated heterocycles. The molecule has 0 amide bonds. The van der Waals surface area contributed by atoms with E-state index in [1.807, 2.05) is 0 Å².